The lowest BCUT2D eigenvalue weighted by atomic mass is 10.2. The van der Waals surface area contributed by atoms with Crippen LogP contribution in [-0.2, 0) is 11.3 Å². The van der Waals surface area contributed by atoms with Crippen molar-refractivity contribution in [2.45, 2.75) is 6.61 Å². The molecule has 1 aromatic rings. The highest BCUT2D eigenvalue weighted by Crippen LogP contribution is 2.12. The topological polar surface area (TPSA) is 38.7 Å². The minimum absolute atomic E-state index is 0.449. The molecule has 3 nitrogen and oxygen atoms in total. The van der Waals surface area contributed by atoms with Crippen LogP contribution in [0.2, 0.25) is 0 Å². The highest BCUT2D eigenvalue weighted by Gasteiger charge is 1.91. The summed E-state index contributed by atoms with van der Waals surface area (Å²) in [6.07, 6.45) is 0. The minimum atomic E-state index is 0.449. The van der Waals surface area contributed by atoms with Crippen LogP contribution in [0.5, 0.6) is 0 Å². The van der Waals surface area contributed by atoms with Gasteiger partial charge in [0.2, 0.25) is 0 Å². The molecule has 1 aromatic carbocycles. The van der Waals surface area contributed by atoms with Gasteiger partial charge in [0.25, 0.3) is 0 Å². The number of hydrogen-bond donors (Lipinski definition) is 0. The van der Waals surface area contributed by atoms with Gasteiger partial charge < -0.3 is 4.74 Å². The van der Waals surface area contributed by atoms with Gasteiger partial charge in [-0.1, -0.05) is 12.1 Å². The van der Waals surface area contributed by atoms with Crippen LogP contribution in [0.3, 0.4) is 0 Å². The highest BCUT2D eigenvalue weighted by atomic mass is 16.5. The smallest absolute Gasteiger partial charge is 0.108 e. The summed E-state index contributed by atoms with van der Waals surface area (Å²) in [6, 6.07) is 6.98. The van der Waals surface area contributed by atoms with Crippen LogP contribution in [0.25, 0.3) is 0 Å². The summed E-state index contributed by atoms with van der Waals surface area (Å²) in [7, 11) is 1.63. The number of hydrogen-bond acceptors (Lipinski definition) is 3. The number of nitrogens with zero attached hydrogens (tertiary/aromatic N) is 1. The van der Waals surface area contributed by atoms with Crippen LogP contribution in [0.15, 0.2) is 29.4 Å². The second kappa shape index (κ2) is 3.83. The molecule has 0 amide bonds. The Morgan fingerprint density at radius 3 is 2.45 bits per heavy atom. The molecule has 0 radical (unpaired) electrons. The van der Waals surface area contributed by atoms with E-state index in [2.05, 4.69) is 5.18 Å². The van der Waals surface area contributed by atoms with Gasteiger partial charge in [0.1, 0.15) is 5.69 Å². The van der Waals surface area contributed by atoms with Gasteiger partial charge in [-0.25, -0.2) is 0 Å². The maximum atomic E-state index is 9.99. The second-order valence-corrected chi connectivity index (χ2v) is 2.19. The number of nitroso groups, excluding NO2 is 1. The zero-order valence-corrected chi connectivity index (χ0v) is 6.28. The Morgan fingerprint density at radius 2 is 2.00 bits per heavy atom. The first-order valence-corrected chi connectivity index (χ1v) is 3.28. The molecule has 0 aromatic heterocycles. The van der Waals surface area contributed by atoms with E-state index in [4.69, 9.17) is 4.74 Å². The molecule has 0 unspecified atom stereocenters. The number of benzene rings is 1. The van der Waals surface area contributed by atoms with Gasteiger partial charge in [0.05, 0.1) is 6.61 Å². The quantitative estimate of drug-likeness (QED) is 0.621. The lowest BCUT2D eigenvalue weighted by Crippen LogP contribution is -1.84. The molecule has 0 saturated heterocycles. The van der Waals surface area contributed by atoms with Crippen LogP contribution in [0.1, 0.15) is 5.56 Å². The summed E-state index contributed by atoms with van der Waals surface area (Å²) < 4.78 is 4.89. The minimum Gasteiger partial charge on any atom is -0.380 e. The zero-order valence-electron chi connectivity index (χ0n) is 6.28. The van der Waals surface area contributed by atoms with Crippen LogP contribution >= 0.6 is 0 Å². The van der Waals surface area contributed by atoms with Crippen LogP contribution in [0, 0.1) is 4.91 Å². The van der Waals surface area contributed by atoms with Crippen LogP contribution < -0.4 is 0 Å². The van der Waals surface area contributed by atoms with Crippen LogP contribution in [-0.4, -0.2) is 7.11 Å². The fourth-order valence-corrected chi connectivity index (χ4v) is 0.820. The van der Waals surface area contributed by atoms with Crippen molar-refractivity contribution < 1.29 is 4.74 Å². The Morgan fingerprint density at radius 1 is 1.36 bits per heavy atom. The molecule has 0 heterocycles. The SMILES string of the molecule is COCc1ccc(N=O)cc1. The molecular weight excluding hydrogens is 142 g/mol. The van der Waals surface area contributed by atoms with Gasteiger partial charge in [-0.05, 0) is 22.9 Å². The molecule has 58 valence electrons. The third kappa shape index (κ3) is 2.13. The van der Waals surface area contributed by atoms with Crippen molar-refractivity contribution in [2.75, 3.05) is 7.11 Å². The van der Waals surface area contributed by atoms with Gasteiger partial charge in [-0.2, -0.15) is 0 Å². The largest absolute Gasteiger partial charge is 0.380 e. The summed E-state index contributed by atoms with van der Waals surface area (Å²) >= 11 is 0. The molecule has 0 spiro atoms. The maximum Gasteiger partial charge on any atom is 0.108 e. The Kier molecular flexibility index (Phi) is 2.74. The van der Waals surface area contributed by atoms with E-state index in [-0.39, 0.29) is 0 Å². The van der Waals surface area contributed by atoms with Gasteiger partial charge in [-0.3, -0.25) is 0 Å². The molecule has 0 aliphatic carbocycles. The molecule has 0 aliphatic heterocycles. The van der Waals surface area contributed by atoms with Gasteiger partial charge in [0.15, 0.2) is 0 Å². The monoisotopic (exact) mass is 151 g/mol. The van der Waals surface area contributed by atoms with E-state index in [1.165, 1.54) is 0 Å². The van der Waals surface area contributed by atoms with Crippen molar-refractivity contribution in [3.63, 3.8) is 0 Å². The molecule has 0 bridgehead atoms. The zero-order chi connectivity index (χ0) is 8.10. The third-order valence-corrected chi connectivity index (χ3v) is 1.35. The molecule has 0 saturated carbocycles. The van der Waals surface area contributed by atoms with Crippen molar-refractivity contribution in [1.29, 1.82) is 0 Å². The Balaban J connectivity index is 2.74. The van der Waals surface area contributed by atoms with E-state index in [0.717, 1.165) is 5.56 Å². The van der Waals surface area contributed by atoms with E-state index < -0.39 is 0 Å². The van der Waals surface area contributed by atoms with Crippen molar-refractivity contribution in [1.82, 2.24) is 0 Å². The first kappa shape index (κ1) is 7.88. The lowest BCUT2D eigenvalue weighted by molar-refractivity contribution is 0.185. The lowest BCUT2D eigenvalue weighted by Gasteiger charge is -1.97. The molecule has 11 heavy (non-hydrogen) atoms. The van der Waals surface area contributed by atoms with Gasteiger partial charge in [-0.15, -0.1) is 4.91 Å². The molecule has 0 atom stereocenters. The summed E-state index contributed by atoms with van der Waals surface area (Å²) in [5.74, 6) is 0. The van der Waals surface area contributed by atoms with E-state index in [1.54, 1.807) is 19.2 Å². The van der Waals surface area contributed by atoms with Crippen molar-refractivity contribution >= 4 is 5.69 Å². The predicted molar refractivity (Wildman–Crippen MR) is 42.6 cm³/mol. The van der Waals surface area contributed by atoms with Gasteiger partial charge >= 0.3 is 0 Å². The first-order chi connectivity index (χ1) is 5.36. The van der Waals surface area contributed by atoms with E-state index in [0.29, 0.717) is 12.3 Å². The average molecular weight is 151 g/mol. The fourth-order valence-electron chi connectivity index (χ4n) is 0.820. The normalized spacial score (nSPS) is 9.55. The summed E-state index contributed by atoms with van der Waals surface area (Å²) in [5, 5.41) is 2.78. The molecule has 0 fully saturated rings. The van der Waals surface area contributed by atoms with Crippen LogP contribution in [0.4, 0.5) is 5.69 Å². The number of ether oxygens (including phenoxy) is 1. The molecule has 3 heteroatoms. The molecular formula is C8H9NO2. The third-order valence-electron chi connectivity index (χ3n) is 1.35. The van der Waals surface area contributed by atoms with Crippen molar-refractivity contribution in [3.8, 4) is 0 Å². The van der Waals surface area contributed by atoms with Gasteiger partial charge in [0, 0.05) is 7.11 Å². The number of rotatable bonds is 3. The summed E-state index contributed by atoms with van der Waals surface area (Å²) in [5.41, 5.74) is 1.49. The molecule has 1 rings (SSSR count). The van der Waals surface area contributed by atoms with Crippen molar-refractivity contribution in [2.24, 2.45) is 5.18 Å². The van der Waals surface area contributed by atoms with E-state index in [9.17, 15) is 4.91 Å². The summed E-state index contributed by atoms with van der Waals surface area (Å²) in [6.45, 7) is 0.569. The maximum absolute atomic E-state index is 9.99. The fraction of sp³-hybridized carbons (Fsp3) is 0.250. The Hall–Kier alpha value is -1.22. The summed E-state index contributed by atoms with van der Waals surface area (Å²) in [4.78, 5) is 9.99. The second-order valence-electron chi connectivity index (χ2n) is 2.19. The highest BCUT2D eigenvalue weighted by molar-refractivity contribution is 5.38. The van der Waals surface area contributed by atoms with Crippen molar-refractivity contribution in [3.05, 3.63) is 34.7 Å². The van der Waals surface area contributed by atoms with E-state index in [1.807, 2.05) is 12.1 Å². The van der Waals surface area contributed by atoms with E-state index >= 15 is 0 Å². The predicted octanol–water partition coefficient (Wildman–Crippen LogP) is 2.23. The number of methoxy groups -OCH3 is 1. The first-order valence-electron chi connectivity index (χ1n) is 3.28. The molecule has 0 aliphatic rings. The molecule has 0 N–H and O–H groups in total. The standard InChI is InChI=1S/C8H9NO2/c1-11-6-7-2-4-8(9-10)5-3-7/h2-5H,6H2,1H3. The Bertz CT molecular complexity index is 230. The average Bonchev–Trinajstić information content (AvgIpc) is 2.07. The Labute approximate surface area is 65.0 Å².